The molecule has 0 aliphatic rings. The largest absolute Gasteiger partial charge is 0.332 e. The van der Waals surface area contributed by atoms with Crippen LogP contribution in [0.25, 0.3) is 0 Å². The smallest absolute Gasteiger partial charge is 0.277 e. The molecule has 27 heavy (non-hydrogen) atoms. The van der Waals surface area contributed by atoms with Gasteiger partial charge in [0.25, 0.3) is 17.3 Å². The Balaban J connectivity index is 2.18. The molecule has 0 radical (unpaired) electrons. The second-order valence-electron chi connectivity index (χ2n) is 5.30. The van der Waals surface area contributed by atoms with Crippen LogP contribution < -0.4 is 10.6 Å². The molecule has 0 heterocycles. The van der Waals surface area contributed by atoms with E-state index in [2.05, 4.69) is 10.6 Å². The normalized spacial score (nSPS) is 9.96. The fraction of sp³-hybridized carbons (Fsp3) is 0.0625. The summed E-state index contributed by atoms with van der Waals surface area (Å²) in [5.41, 5.74) is -0.608. The number of benzene rings is 2. The molecule has 0 saturated carbocycles. The fourth-order valence-corrected chi connectivity index (χ4v) is 2.30. The van der Waals surface area contributed by atoms with E-state index in [1.807, 2.05) is 0 Å². The molecule has 0 aliphatic heterocycles. The van der Waals surface area contributed by atoms with Gasteiger partial charge in [0.15, 0.2) is 10.9 Å². The number of rotatable bonds is 5. The third-order valence-electron chi connectivity index (χ3n) is 3.34. The Labute approximate surface area is 157 Å². The maximum absolute atomic E-state index is 12.2. The van der Waals surface area contributed by atoms with E-state index >= 15 is 0 Å². The molecule has 0 aromatic heterocycles. The van der Waals surface area contributed by atoms with Crippen molar-refractivity contribution in [2.45, 2.75) is 6.92 Å². The SMILES string of the molecule is CC(=O)c1cccc(NC(=S)NC(=O)c2cc([N+](=O)[O-])cc([N+](=O)[O-])c2)c1. The highest BCUT2D eigenvalue weighted by molar-refractivity contribution is 7.80. The zero-order valence-corrected chi connectivity index (χ0v) is 14.6. The Morgan fingerprint density at radius 1 is 0.963 bits per heavy atom. The Morgan fingerprint density at radius 2 is 1.56 bits per heavy atom. The second kappa shape index (κ2) is 8.10. The predicted molar refractivity (Wildman–Crippen MR) is 99.9 cm³/mol. The third kappa shape index (κ3) is 5.12. The highest BCUT2D eigenvalue weighted by atomic mass is 32.1. The van der Waals surface area contributed by atoms with Crippen LogP contribution in [0.5, 0.6) is 0 Å². The number of anilines is 1. The van der Waals surface area contributed by atoms with Crippen molar-refractivity contribution in [1.82, 2.24) is 5.32 Å². The number of nitrogens with one attached hydrogen (secondary N) is 2. The molecule has 2 aromatic rings. The number of hydrogen-bond acceptors (Lipinski definition) is 7. The number of hydrogen-bond donors (Lipinski definition) is 2. The molecule has 2 rings (SSSR count). The van der Waals surface area contributed by atoms with Crippen molar-refractivity contribution in [1.29, 1.82) is 0 Å². The lowest BCUT2D eigenvalue weighted by atomic mass is 10.1. The van der Waals surface area contributed by atoms with Gasteiger partial charge in [0.05, 0.1) is 21.5 Å². The number of non-ortho nitro benzene ring substituents is 2. The summed E-state index contributed by atoms with van der Waals surface area (Å²) in [4.78, 5) is 43.7. The summed E-state index contributed by atoms with van der Waals surface area (Å²) in [5, 5.41) is 26.6. The van der Waals surface area contributed by atoms with Crippen LogP contribution in [-0.2, 0) is 0 Å². The average Bonchev–Trinajstić information content (AvgIpc) is 2.61. The van der Waals surface area contributed by atoms with E-state index in [-0.39, 0.29) is 16.5 Å². The molecule has 2 N–H and O–H groups in total. The highest BCUT2D eigenvalue weighted by Crippen LogP contribution is 2.22. The van der Waals surface area contributed by atoms with Crippen LogP contribution in [0.2, 0.25) is 0 Å². The van der Waals surface area contributed by atoms with Gasteiger partial charge in [0.1, 0.15) is 0 Å². The van der Waals surface area contributed by atoms with Gasteiger partial charge in [-0.05, 0) is 31.3 Å². The lowest BCUT2D eigenvalue weighted by Gasteiger charge is -2.10. The molecule has 0 spiro atoms. The molecule has 0 fully saturated rings. The molecule has 11 heteroatoms. The van der Waals surface area contributed by atoms with Crippen molar-refractivity contribution in [3.05, 3.63) is 73.8 Å². The van der Waals surface area contributed by atoms with Gasteiger partial charge < -0.3 is 5.32 Å². The van der Waals surface area contributed by atoms with E-state index in [0.29, 0.717) is 11.3 Å². The monoisotopic (exact) mass is 388 g/mol. The number of nitrogens with zero attached hydrogens (tertiary/aromatic N) is 2. The summed E-state index contributed by atoms with van der Waals surface area (Å²) >= 11 is 4.99. The number of nitro groups is 2. The van der Waals surface area contributed by atoms with Gasteiger partial charge >= 0.3 is 0 Å². The first-order valence-electron chi connectivity index (χ1n) is 7.34. The number of ketones is 1. The van der Waals surface area contributed by atoms with Crippen molar-refractivity contribution in [2.75, 3.05) is 5.32 Å². The molecular weight excluding hydrogens is 376 g/mol. The van der Waals surface area contributed by atoms with Crippen LogP contribution in [-0.4, -0.2) is 26.6 Å². The second-order valence-corrected chi connectivity index (χ2v) is 5.71. The Kier molecular flexibility index (Phi) is 5.88. The first kappa shape index (κ1) is 19.6. The number of amides is 1. The van der Waals surface area contributed by atoms with Crippen molar-refractivity contribution in [3.63, 3.8) is 0 Å². The van der Waals surface area contributed by atoms with Crippen LogP contribution in [0.1, 0.15) is 27.6 Å². The van der Waals surface area contributed by atoms with Gasteiger partial charge in [0.2, 0.25) is 0 Å². The molecule has 0 unspecified atom stereocenters. The summed E-state index contributed by atoms with van der Waals surface area (Å²) in [6, 6.07) is 8.93. The molecule has 2 aromatic carbocycles. The highest BCUT2D eigenvalue weighted by Gasteiger charge is 2.20. The van der Waals surface area contributed by atoms with Crippen molar-refractivity contribution in [2.24, 2.45) is 0 Å². The summed E-state index contributed by atoms with van der Waals surface area (Å²) < 4.78 is 0. The molecule has 1 amide bonds. The molecule has 138 valence electrons. The van der Waals surface area contributed by atoms with Crippen molar-refractivity contribution in [3.8, 4) is 0 Å². The van der Waals surface area contributed by atoms with E-state index in [4.69, 9.17) is 12.2 Å². The van der Waals surface area contributed by atoms with E-state index < -0.39 is 27.1 Å². The zero-order chi connectivity index (χ0) is 20.1. The van der Waals surface area contributed by atoms with E-state index in [1.165, 1.54) is 13.0 Å². The van der Waals surface area contributed by atoms with Crippen LogP contribution in [0.15, 0.2) is 42.5 Å². The predicted octanol–water partition coefficient (Wildman–Crippen LogP) is 2.83. The maximum atomic E-state index is 12.2. The van der Waals surface area contributed by atoms with Crippen molar-refractivity contribution >= 4 is 46.1 Å². The number of carbonyl (C=O) groups is 2. The van der Waals surface area contributed by atoms with E-state index in [0.717, 1.165) is 18.2 Å². The minimum atomic E-state index is -0.859. The Bertz CT molecular complexity index is 943. The van der Waals surface area contributed by atoms with Gasteiger partial charge in [-0.3, -0.25) is 35.1 Å². The minimum absolute atomic E-state index is 0.144. The minimum Gasteiger partial charge on any atom is -0.332 e. The molecule has 0 bridgehead atoms. The topological polar surface area (TPSA) is 144 Å². The summed E-state index contributed by atoms with van der Waals surface area (Å²) in [6.45, 7) is 1.40. The molecule has 10 nitrogen and oxygen atoms in total. The zero-order valence-electron chi connectivity index (χ0n) is 13.8. The first-order valence-corrected chi connectivity index (χ1v) is 7.75. The molecule has 0 atom stereocenters. The van der Waals surface area contributed by atoms with Crippen LogP contribution in [0.3, 0.4) is 0 Å². The van der Waals surface area contributed by atoms with E-state index in [9.17, 15) is 29.8 Å². The lowest BCUT2D eigenvalue weighted by molar-refractivity contribution is -0.394. The van der Waals surface area contributed by atoms with E-state index in [1.54, 1.807) is 18.2 Å². The molecule has 0 aliphatic carbocycles. The van der Waals surface area contributed by atoms with Gasteiger partial charge in [-0.25, -0.2) is 0 Å². The fourth-order valence-electron chi connectivity index (χ4n) is 2.09. The van der Waals surface area contributed by atoms with Crippen molar-refractivity contribution < 1.29 is 19.4 Å². The van der Waals surface area contributed by atoms with Gasteiger partial charge in [-0.15, -0.1) is 0 Å². The number of Topliss-reactive ketones (excluding diaryl/α,β-unsaturated/α-hetero) is 1. The summed E-state index contributed by atoms with van der Waals surface area (Å²) in [7, 11) is 0. The van der Waals surface area contributed by atoms with Crippen LogP contribution in [0, 0.1) is 20.2 Å². The van der Waals surface area contributed by atoms with Gasteiger partial charge in [-0.1, -0.05) is 12.1 Å². The molecule has 0 saturated heterocycles. The maximum Gasteiger partial charge on any atom is 0.277 e. The number of thiocarbonyl (C=S) groups is 1. The standard InChI is InChI=1S/C16H12N4O6S/c1-9(21)10-3-2-4-12(5-10)17-16(27)18-15(22)11-6-13(19(23)24)8-14(7-11)20(25)26/h2-8H,1H3,(H2,17,18,22,27). The lowest BCUT2D eigenvalue weighted by Crippen LogP contribution is -2.34. The van der Waals surface area contributed by atoms with Crippen LogP contribution >= 0.6 is 12.2 Å². The average molecular weight is 388 g/mol. The summed E-state index contributed by atoms with van der Waals surface area (Å²) in [5.74, 6) is -1.01. The Morgan fingerprint density at radius 3 is 2.07 bits per heavy atom. The Hall–Kier alpha value is -3.73. The number of carbonyl (C=O) groups excluding carboxylic acids is 2. The third-order valence-corrected chi connectivity index (χ3v) is 3.54. The quantitative estimate of drug-likeness (QED) is 0.344. The van der Waals surface area contributed by atoms with Crippen LogP contribution in [0.4, 0.5) is 17.1 Å². The molecular formula is C16H12N4O6S. The van der Waals surface area contributed by atoms with Gasteiger partial charge in [-0.2, -0.15) is 0 Å². The summed E-state index contributed by atoms with van der Waals surface area (Å²) in [6.07, 6.45) is 0. The first-order chi connectivity index (χ1) is 12.7. The van der Waals surface area contributed by atoms with Gasteiger partial charge in [0, 0.05) is 23.4 Å². The number of nitro benzene ring substituents is 2.